The van der Waals surface area contributed by atoms with Crippen LogP contribution in [0.3, 0.4) is 0 Å². The zero-order valence-corrected chi connectivity index (χ0v) is 18.1. The SMILES string of the molecule is Cc1ccc(NC(=O)COc2ccc(/C=N\NC(=O)c3ccc4ccccc4c3)cc2)cc1. The second kappa shape index (κ2) is 10.2. The highest BCUT2D eigenvalue weighted by Gasteiger charge is 2.06. The molecular formula is C27H23N3O3. The van der Waals surface area contributed by atoms with Gasteiger partial charge in [0.25, 0.3) is 11.8 Å². The van der Waals surface area contributed by atoms with Gasteiger partial charge in [0.2, 0.25) is 0 Å². The second-order valence-corrected chi connectivity index (χ2v) is 7.53. The summed E-state index contributed by atoms with van der Waals surface area (Å²) < 4.78 is 5.53. The quantitative estimate of drug-likeness (QED) is 0.318. The number of hydrazone groups is 1. The molecule has 4 aromatic rings. The van der Waals surface area contributed by atoms with Crippen LogP contribution in [0, 0.1) is 6.92 Å². The topological polar surface area (TPSA) is 79.8 Å². The molecule has 0 saturated heterocycles. The maximum Gasteiger partial charge on any atom is 0.271 e. The summed E-state index contributed by atoms with van der Waals surface area (Å²) in [5, 5.41) is 8.89. The van der Waals surface area contributed by atoms with Crippen LogP contribution >= 0.6 is 0 Å². The van der Waals surface area contributed by atoms with E-state index in [0.717, 1.165) is 27.6 Å². The lowest BCUT2D eigenvalue weighted by Crippen LogP contribution is -2.20. The molecule has 0 heterocycles. The van der Waals surface area contributed by atoms with E-state index < -0.39 is 0 Å². The highest BCUT2D eigenvalue weighted by atomic mass is 16.5. The summed E-state index contributed by atoms with van der Waals surface area (Å²) >= 11 is 0. The van der Waals surface area contributed by atoms with Gasteiger partial charge in [0.1, 0.15) is 5.75 Å². The van der Waals surface area contributed by atoms with E-state index in [1.54, 1.807) is 36.5 Å². The van der Waals surface area contributed by atoms with Crippen LogP contribution in [0.4, 0.5) is 5.69 Å². The van der Waals surface area contributed by atoms with Gasteiger partial charge in [-0.1, -0.05) is 48.0 Å². The summed E-state index contributed by atoms with van der Waals surface area (Å²) in [4.78, 5) is 24.4. The number of rotatable bonds is 7. The summed E-state index contributed by atoms with van der Waals surface area (Å²) in [6, 6.07) is 28.0. The standard InChI is InChI=1S/C27H23N3O3/c1-19-6-12-24(13-7-19)29-26(31)18-33-25-14-8-20(9-15-25)17-28-30-27(32)23-11-10-21-4-2-3-5-22(21)16-23/h2-17H,18H2,1H3,(H,29,31)(H,30,32)/b28-17-. The van der Waals surface area contributed by atoms with Gasteiger partial charge in [-0.05, 0) is 71.8 Å². The average Bonchev–Trinajstić information content (AvgIpc) is 2.84. The summed E-state index contributed by atoms with van der Waals surface area (Å²) in [5.41, 5.74) is 5.72. The van der Waals surface area contributed by atoms with Gasteiger partial charge in [-0.25, -0.2) is 5.43 Å². The first-order chi connectivity index (χ1) is 16.1. The lowest BCUT2D eigenvalue weighted by molar-refractivity contribution is -0.118. The fraction of sp³-hybridized carbons (Fsp3) is 0.0741. The number of hydrogen-bond donors (Lipinski definition) is 2. The Kier molecular flexibility index (Phi) is 6.75. The van der Waals surface area contributed by atoms with Crippen molar-refractivity contribution >= 4 is 34.5 Å². The minimum absolute atomic E-state index is 0.0941. The van der Waals surface area contributed by atoms with Crippen molar-refractivity contribution in [3.8, 4) is 5.75 Å². The molecule has 0 bridgehead atoms. The van der Waals surface area contributed by atoms with Gasteiger partial charge >= 0.3 is 0 Å². The molecule has 0 aliphatic heterocycles. The third-order valence-electron chi connectivity index (χ3n) is 4.98. The van der Waals surface area contributed by atoms with Crippen molar-refractivity contribution in [2.45, 2.75) is 6.92 Å². The molecule has 164 valence electrons. The third kappa shape index (κ3) is 6.04. The molecule has 0 fully saturated rings. The third-order valence-corrected chi connectivity index (χ3v) is 4.98. The second-order valence-electron chi connectivity index (χ2n) is 7.53. The molecule has 0 aromatic heterocycles. The summed E-state index contributed by atoms with van der Waals surface area (Å²) in [5.74, 6) is 0.0452. The smallest absolute Gasteiger partial charge is 0.271 e. The number of aryl methyl sites for hydroxylation is 1. The number of amides is 2. The zero-order chi connectivity index (χ0) is 23.0. The van der Waals surface area contributed by atoms with Gasteiger partial charge in [0.05, 0.1) is 6.21 Å². The minimum Gasteiger partial charge on any atom is -0.484 e. The molecule has 33 heavy (non-hydrogen) atoms. The molecule has 0 unspecified atom stereocenters. The number of nitrogens with zero attached hydrogens (tertiary/aromatic N) is 1. The Labute approximate surface area is 191 Å². The number of anilines is 1. The molecule has 6 nitrogen and oxygen atoms in total. The van der Waals surface area contributed by atoms with Crippen LogP contribution in [0.25, 0.3) is 10.8 Å². The van der Waals surface area contributed by atoms with Crippen molar-refractivity contribution in [1.82, 2.24) is 5.43 Å². The number of hydrogen-bond acceptors (Lipinski definition) is 4. The molecule has 0 saturated carbocycles. The number of nitrogens with one attached hydrogen (secondary N) is 2. The van der Waals surface area contributed by atoms with Gasteiger partial charge in [0, 0.05) is 11.3 Å². The predicted molar refractivity (Wildman–Crippen MR) is 131 cm³/mol. The molecule has 0 aliphatic carbocycles. The monoisotopic (exact) mass is 437 g/mol. The Morgan fingerprint density at radius 2 is 1.61 bits per heavy atom. The van der Waals surface area contributed by atoms with Gasteiger partial charge in [-0.15, -0.1) is 0 Å². The van der Waals surface area contributed by atoms with E-state index in [4.69, 9.17) is 4.74 Å². The lowest BCUT2D eigenvalue weighted by Gasteiger charge is -2.08. The molecule has 2 N–H and O–H groups in total. The van der Waals surface area contributed by atoms with Crippen molar-refractivity contribution < 1.29 is 14.3 Å². The zero-order valence-electron chi connectivity index (χ0n) is 18.1. The van der Waals surface area contributed by atoms with Crippen LogP contribution in [-0.2, 0) is 4.79 Å². The first-order valence-corrected chi connectivity index (χ1v) is 10.5. The average molecular weight is 437 g/mol. The predicted octanol–water partition coefficient (Wildman–Crippen LogP) is 4.93. The van der Waals surface area contributed by atoms with E-state index in [1.807, 2.05) is 67.6 Å². The lowest BCUT2D eigenvalue weighted by atomic mass is 10.1. The first-order valence-electron chi connectivity index (χ1n) is 10.5. The fourth-order valence-corrected chi connectivity index (χ4v) is 3.19. The number of carbonyl (C=O) groups is 2. The highest BCUT2D eigenvalue weighted by Crippen LogP contribution is 2.16. The summed E-state index contributed by atoms with van der Waals surface area (Å²) in [7, 11) is 0. The van der Waals surface area contributed by atoms with Gasteiger partial charge in [0.15, 0.2) is 6.61 Å². The Bertz CT molecular complexity index is 1300. The van der Waals surface area contributed by atoms with Crippen LogP contribution in [0.5, 0.6) is 5.75 Å². The highest BCUT2D eigenvalue weighted by molar-refractivity contribution is 5.99. The fourth-order valence-electron chi connectivity index (χ4n) is 3.19. The van der Waals surface area contributed by atoms with Crippen molar-refractivity contribution in [2.75, 3.05) is 11.9 Å². The summed E-state index contributed by atoms with van der Waals surface area (Å²) in [6.45, 7) is 1.89. The Hall–Kier alpha value is -4.45. The van der Waals surface area contributed by atoms with Crippen LogP contribution in [-0.4, -0.2) is 24.6 Å². The number of fused-ring (bicyclic) bond motifs is 1. The maximum atomic E-state index is 12.3. The molecule has 0 radical (unpaired) electrons. The largest absolute Gasteiger partial charge is 0.484 e. The van der Waals surface area contributed by atoms with E-state index in [1.165, 1.54) is 0 Å². The van der Waals surface area contributed by atoms with E-state index in [9.17, 15) is 9.59 Å². The van der Waals surface area contributed by atoms with Crippen molar-refractivity contribution in [3.63, 3.8) is 0 Å². The normalized spacial score (nSPS) is 10.8. The van der Waals surface area contributed by atoms with E-state index >= 15 is 0 Å². The van der Waals surface area contributed by atoms with Crippen molar-refractivity contribution in [3.05, 3.63) is 108 Å². The maximum absolute atomic E-state index is 12.3. The number of benzene rings is 4. The van der Waals surface area contributed by atoms with Crippen molar-refractivity contribution in [2.24, 2.45) is 5.10 Å². The Morgan fingerprint density at radius 1 is 0.879 bits per heavy atom. The Morgan fingerprint density at radius 3 is 2.36 bits per heavy atom. The molecular weight excluding hydrogens is 414 g/mol. The van der Waals surface area contributed by atoms with Crippen LogP contribution in [0.15, 0.2) is 96.1 Å². The Balaban J connectivity index is 1.26. The van der Waals surface area contributed by atoms with Gasteiger partial charge in [-0.2, -0.15) is 5.10 Å². The molecule has 0 atom stereocenters. The minimum atomic E-state index is -0.281. The first kappa shape index (κ1) is 21.8. The van der Waals surface area contributed by atoms with Crippen LogP contribution < -0.4 is 15.5 Å². The molecule has 0 spiro atoms. The summed E-state index contributed by atoms with van der Waals surface area (Å²) in [6.07, 6.45) is 1.55. The molecule has 0 aliphatic rings. The molecule has 4 rings (SSSR count). The van der Waals surface area contributed by atoms with Gasteiger partial charge in [-0.3, -0.25) is 9.59 Å². The van der Waals surface area contributed by atoms with E-state index in [2.05, 4.69) is 15.8 Å². The van der Waals surface area contributed by atoms with Crippen LogP contribution in [0.1, 0.15) is 21.5 Å². The van der Waals surface area contributed by atoms with Crippen molar-refractivity contribution in [1.29, 1.82) is 0 Å². The number of carbonyl (C=O) groups excluding carboxylic acids is 2. The van der Waals surface area contributed by atoms with Gasteiger partial charge < -0.3 is 10.1 Å². The van der Waals surface area contributed by atoms with E-state index in [-0.39, 0.29) is 18.4 Å². The molecule has 6 heteroatoms. The van der Waals surface area contributed by atoms with Crippen LogP contribution in [0.2, 0.25) is 0 Å². The van der Waals surface area contributed by atoms with E-state index in [0.29, 0.717) is 11.3 Å². The molecule has 2 amide bonds. The number of ether oxygens (including phenoxy) is 1. The molecule has 4 aromatic carbocycles.